The first-order valence-corrected chi connectivity index (χ1v) is 5.19. The zero-order valence-electron chi connectivity index (χ0n) is 9.96. The molecule has 1 unspecified atom stereocenters. The lowest BCUT2D eigenvalue weighted by atomic mass is 10.1. The molecule has 5 heteroatoms. The number of hydrogen-bond donors (Lipinski definition) is 1. The minimum Gasteiger partial charge on any atom is -0.465 e. The number of esters is 1. The molecule has 1 aromatic carbocycles. The SMILES string of the molecule is COC(=O)c1ccc(C)c(NC(C)C(F)F)c1. The van der Waals surface area contributed by atoms with Crippen molar-refractivity contribution in [3.8, 4) is 0 Å². The predicted molar refractivity (Wildman–Crippen MR) is 61.6 cm³/mol. The van der Waals surface area contributed by atoms with Crippen LogP contribution in [0.2, 0.25) is 0 Å². The van der Waals surface area contributed by atoms with Gasteiger partial charge in [-0.2, -0.15) is 0 Å². The van der Waals surface area contributed by atoms with Gasteiger partial charge in [0.15, 0.2) is 0 Å². The van der Waals surface area contributed by atoms with Crippen molar-refractivity contribution in [2.24, 2.45) is 0 Å². The van der Waals surface area contributed by atoms with Crippen molar-refractivity contribution in [1.82, 2.24) is 0 Å². The maximum atomic E-state index is 12.4. The van der Waals surface area contributed by atoms with Crippen LogP contribution in [0.15, 0.2) is 18.2 Å². The van der Waals surface area contributed by atoms with E-state index < -0.39 is 18.4 Å². The zero-order chi connectivity index (χ0) is 13.0. The second kappa shape index (κ2) is 5.61. The summed E-state index contributed by atoms with van der Waals surface area (Å²) in [5.74, 6) is -0.488. The van der Waals surface area contributed by atoms with Gasteiger partial charge in [-0.25, -0.2) is 13.6 Å². The maximum absolute atomic E-state index is 12.4. The lowest BCUT2D eigenvalue weighted by molar-refractivity contribution is 0.0601. The number of benzene rings is 1. The van der Waals surface area contributed by atoms with Crippen molar-refractivity contribution in [1.29, 1.82) is 0 Å². The van der Waals surface area contributed by atoms with Gasteiger partial charge in [0.1, 0.15) is 0 Å². The molecule has 0 amide bonds. The Hall–Kier alpha value is -1.65. The van der Waals surface area contributed by atoms with E-state index in [1.54, 1.807) is 19.1 Å². The summed E-state index contributed by atoms with van der Waals surface area (Å²) in [6.45, 7) is 3.16. The number of alkyl halides is 2. The summed E-state index contributed by atoms with van der Waals surface area (Å²) in [6.07, 6.45) is -2.46. The Morgan fingerprint density at radius 3 is 2.59 bits per heavy atom. The molecule has 0 fully saturated rings. The van der Waals surface area contributed by atoms with E-state index in [0.717, 1.165) is 5.56 Å². The number of methoxy groups -OCH3 is 1. The van der Waals surface area contributed by atoms with Crippen LogP contribution in [0.25, 0.3) is 0 Å². The lowest BCUT2D eigenvalue weighted by Gasteiger charge is -2.16. The van der Waals surface area contributed by atoms with Crippen LogP contribution in [0.5, 0.6) is 0 Å². The monoisotopic (exact) mass is 243 g/mol. The fourth-order valence-corrected chi connectivity index (χ4v) is 1.33. The Kier molecular flexibility index (Phi) is 4.43. The third kappa shape index (κ3) is 3.41. The van der Waals surface area contributed by atoms with Crippen molar-refractivity contribution in [2.45, 2.75) is 26.3 Å². The van der Waals surface area contributed by atoms with Crippen LogP contribution in [-0.2, 0) is 4.74 Å². The summed E-state index contributed by atoms with van der Waals surface area (Å²) in [7, 11) is 1.27. The van der Waals surface area contributed by atoms with Crippen molar-refractivity contribution < 1.29 is 18.3 Å². The summed E-state index contributed by atoms with van der Waals surface area (Å²) in [4.78, 5) is 11.3. The van der Waals surface area contributed by atoms with E-state index >= 15 is 0 Å². The quantitative estimate of drug-likeness (QED) is 0.826. The third-order valence-electron chi connectivity index (χ3n) is 2.42. The molecular weight excluding hydrogens is 228 g/mol. The highest BCUT2D eigenvalue weighted by atomic mass is 19.3. The van der Waals surface area contributed by atoms with Gasteiger partial charge in [0.05, 0.1) is 18.7 Å². The van der Waals surface area contributed by atoms with E-state index in [2.05, 4.69) is 10.1 Å². The number of halogens is 2. The predicted octanol–water partition coefficient (Wildman–Crippen LogP) is 2.85. The van der Waals surface area contributed by atoms with Gasteiger partial charge in [-0.05, 0) is 31.5 Å². The van der Waals surface area contributed by atoms with Gasteiger partial charge in [0.25, 0.3) is 6.43 Å². The number of ether oxygens (including phenoxy) is 1. The molecule has 3 nitrogen and oxygen atoms in total. The number of anilines is 1. The van der Waals surface area contributed by atoms with Crippen LogP contribution in [0.1, 0.15) is 22.8 Å². The fourth-order valence-electron chi connectivity index (χ4n) is 1.33. The molecule has 0 aliphatic heterocycles. The Labute approximate surface area is 98.8 Å². The minimum atomic E-state index is -2.46. The van der Waals surface area contributed by atoms with E-state index in [-0.39, 0.29) is 0 Å². The molecule has 0 saturated carbocycles. The number of hydrogen-bond acceptors (Lipinski definition) is 3. The van der Waals surface area contributed by atoms with Crippen molar-refractivity contribution in [3.05, 3.63) is 29.3 Å². The summed E-state index contributed by atoms with van der Waals surface area (Å²) in [5, 5.41) is 2.67. The van der Waals surface area contributed by atoms with Gasteiger partial charge in [-0.15, -0.1) is 0 Å². The number of carbonyl (C=O) groups excluding carboxylic acids is 1. The molecule has 94 valence electrons. The largest absolute Gasteiger partial charge is 0.465 e. The number of aryl methyl sites for hydroxylation is 1. The topological polar surface area (TPSA) is 38.3 Å². The summed E-state index contributed by atoms with van der Waals surface area (Å²) >= 11 is 0. The van der Waals surface area contributed by atoms with Gasteiger partial charge < -0.3 is 10.1 Å². The molecule has 1 aromatic rings. The Morgan fingerprint density at radius 1 is 1.41 bits per heavy atom. The average molecular weight is 243 g/mol. The smallest absolute Gasteiger partial charge is 0.337 e. The van der Waals surface area contributed by atoms with Gasteiger partial charge in [0.2, 0.25) is 0 Å². The standard InChI is InChI=1S/C12H15F2NO2/c1-7-4-5-9(12(16)17-3)6-10(7)15-8(2)11(13)14/h4-6,8,11,15H,1-3H3. The van der Waals surface area contributed by atoms with E-state index in [9.17, 15) is 13.6 Å². The molecule has 17 heavy (non-hydrogen) atoms. The molecule has 0 spiro atoms. The first kappa shape index (κ1) is 13.4. The molecule has 1 rings (SSSR count). The lowest BCUT2D eigenvalue weighted by Crippen LogP contribution is -2.24. The molecule has 0 aromatic heterocycles. The number of carbonyl (C=O) groups is 1. The highest BCUT2D eigenvalue weighted by Crippen LogP contribution is 2.19. The third-order valence-corrected chi connectivity index (χ3v) is 2.42. The first-order chi connectivity index (χ1) is 7.95. The van der Waals surface area contributed by atoms with Crippen LogP contribution < -0.4 is 5.32 Å². The molecule has 0 aliphatic rings. The minimum absolute atomic E-state index is 0.335. The Morgan fingerprint density at radius 2 is 2.06 bits per heavy atom. The number of rotatable bonds is 4. The Bertz CT molecular complexity index is 407. The summed E-state index contributed by atoms with van der Waals surface area (Å²) < 4.78 is 29.4. The van der Waals surface area contributed by atoms with Crippen LogP contribution in [0, 0.1) is 6.92 Å². The van der Waals surface area contributed by atoms with E-state index in [4.69, 9.17) is 0 Å². The highest BCUT2D eigenvalue weighted by molar-refractivity contribution is 5.90. The zero-order valence-corrected chi connectivity index (χ0v) is 9.96. The summed E-state index contributed by atoms with van der Waals surface area (Å²) in [6, 6.07) is 3.83. The average Bonchev–Trinajstić information content (AvgIpc) is 2.30. The maximum Gasteiger partial charge on any atom is 0.337 e. The molecule has 0 radical (unpaired) electrons. The van der Waals surface area contributed by atoms with E-state index in [1.807, 2.05) is 0 Å². The van der Waals surface area contributed by atoms with E-state index in [1.165, 1.54) is 20.1 Å². The van der Waals surface area contributed by atoms with Crippen molar-refractivity contribution >= 4 is 11.7 Å². The molecule has 1 N–H and O–H groups in total. The van der Waals surface area contributed by atoms with Gasteiger partial charge in [-0.1, -0.05) is 6.07 Å². The van der Waals surface area contributed by atoms with Crippen molar-refractivity contribution in [2.75, 3.05) is 12.4 Å². The normalized spacial score (nSPS) is 12.4. The first-order valence-electron chi connectivity index (χ1n) is 5.19. The van der Waals surface area contributed by atoms with Gasteiger partial charge in [0, 0.05) is 5.69 Å². The van der Waals surface area contributed by atoms with Crippen LogP contribution >= 0.6 is 0 Å². The Balaban J connectivity index is 2.94. The molecule has 0 bridgehead atoms. The second-order valence-corrected chi connectivity index (χ2v) is 3.79. The summed E-state index contributed by atoms with van der Waals surface area (Å²) in [5.41, 5.74) is 1.65. The highest BCUT2D eigenvalue weighted by Gasteiger charge is 2.16. The molecule has 0 heterocycles. The molecule has 0 saturated heterocycles. The number of nitrogens with one attached hydrogen (secondary N) is 1. The van der Waals surface area contributed by atoms with Crippen LogP contribution in [0.4, 0.5) is 14.5 Å². The van der Waals surface area contributed by atoms with E-state index in [0.29, 0.717) is 11.3 Å². The second-order valence-electron chi connectivity index (χ2n) is 3.79. The fraction of sp³-hybridized carbons (Fsp3) is 0.417. The molecular formula is C12H15F2NO2. The van der Waals surface area contributed by atoms with Gasteiger partial charge >= 0.3 is 5.97 Å². The van der Waals surface area contributed by atoms with Crippen LogP contribution in [0.3, 0.4) is 0 Å². The van der Waals surface area contributed by atoms with Gasteiger partial charge in [-0.3, -0.25) is 0 Å². The van der Waals surface area contributed by atoms with Crippen LogP contribution in [-0.4, -0.2) is 25.5 Å². The van der Waals surface area contributed by atoms with Crippen molar-refractivity contribution in [3.63, 3.8) is 0 Å². The molecule has 1 atom stereocenters. The molecule has 0 aliphatic carbocycles.